The molecule has 0 spiro atoms. The van der Waals surface area contributed by atoms with Crippen LogP contribution in [0.4, 0.5) is 0 Å². The summed E-state index contributed by atoms with van der Waals surface area (Å²) in [4.78, 5) is 23.2. The van der Waals surface area contributed by atoms with Crippen LogP contribution in [-0.4, -0.2) is 31.0 Å². The first-order valence-corrected chi connectivity index (χ1v) is 6.40. The molecule has 1 aromatic carbocycles. The number of carbonyl (C=O) groups is 2. The predicted molar refractivity (Wildman–Crippen MR) is 71.3 cm³/mol. The zero-order chi connectivity index (χ0) is 13.8. The van der Waals surface area contributed by atoms with Gasteiger partial charge in [-0.1, -0.05) is 6.07 Å². The summed E-state index contributed by atoms with van der Waals surface area (Å²) in [6, 6.07) is 5.41. The molecule has 0 atom stereocenters. The van der Waals surface area contributed by atoms with Crippen LogP contribution in [0.2, 0.25) is 0 Å². The van der Waals surface area contributed by atoms with Gasteiger partial charge in [0.05, 0.1) is 0 Å². The molecule has 5 nitrogen and oxygen atoms in total. The van der Waals surface area contributed by atoms with Gasteiger partial charge in [-0.3, -0.25) is 9.59 Å². The number of benzene rings is 1. The van der Waals surface area contributed by atoms with Gasteiger partial charge in [0.15, 0.2) is 6.61 Å². The van der Waals surface area contributed by atoms with Crippen LogP contribution >= 0.6 is 0 Å². The molecule has 0 aliphatic carbocycles. The Kier molecular flexibility index (Phi) is 4.04. The highest BCUT2D eigenvalue weighted by Crippen LogP contribution is 2.25. The van der Waals surface area contributed by atoms with Crippen LogP contribution in [0.25, 0.3) is 0 Å². The highest BCUT2D eigenvalue weighted by molar-refractivity contribution is 5.97. The maximum Gasteiger partial charge on any atom is 0.258 e. The van der Waals surface area contributed by atoms with E-state index in [1.807, 2.05) is 13.8 Å². The molecule has 0 saturated heterocycles. The standard InChI is InChI=1S/C14H18N2O3/c1-9(2)16-13(17)8-19-12-5-3-4-11-10(12)6-7-15-14(11)18/h3-5,9H,6-8H2,1-2H3,(H,15,18)(H,16,17). The lowest BCUT2D eigenvalue weighted by atomic mass is 9.99. The Bertz CT molecular complexity index is 497. The second-order valence-electron chi connectivity index (χ2n) is 4.80. The summed E-state index contributed by atoms with van der Waals surface area (Å²) >= 11 is 0. The molecule has 5 heteroatoms. The quantitative estimate of drug-likeness (QED) is 0.846. The van der Waals surface area contributed by atoms with Crippen molar-refractivity contribution in [1.29, 1.82) is 0 Å². The average Bonchev–Trinajstić information content (AvgIpc) is 2.36. The molecule has 102 valence electrons. The second-order valence-corrected chi connectivity index (χ2v) is 4.80. The Hall–Kier alpha value is -2.04. The molecule has 2 amide bonds. The molecule has 19 heavy (non-hydrogen) atoms. The van der Waals surface area contributed by atoms with Crippen LogP contribution in [0.15, 0.2) is 18.2 Å². The fourth-order valence-corrected chi connectivity index (χ4v) is 2.07. The third-order valence-electron chi connectivity index (χ3n) is 2.85. The van der Waals surface area contributed by atoms with Gasteiger partial charge in [-0.2, -0.15) is 0 Å². The van der Waals surface area contributed by atoms with E-state index in [4.69, 9.17) is 4.74 Å². The zero-order valence-electron chi connectivity index (χ0n) is 11.2. The van der Waals surface area contributed by atoms with Crippen molar-refractivity contribution in [3.63, 3.8) is 0 Å². The van der Waals surface area contributed by atoms with E-state index in [-0.39, 0.29) is 24.5 Å². The lowest BCUT2D eigenvalue weighted by Crippen LogP contribution is -2.35. The number of rotatable bonds is 4. The average molecular weight is 262 g/mol. The van der Waals surface area contributed by atoms with E-state index in [9.17, 15) is 9.59 Å². The first-order chi connectivity index (χ1) is 9.08. The fraction of sp³-hybridized carbons (Fsp3) is 0.429. The van der Waals surface area contributed by atoms with Crippen molar-refractivity contribution in [2.45, 2.75) is 26.3 Å². The molecule has 1 aliphatic heterocycles. The van der Waals surface area contributed by atoms with Crippen LogP contribution in [0.3, 0.4) is 0 Å². The summed E-state index contributed by atoms with van der Waals surface area (Å²) in [6.07, 6.45) is 0.725. The molecule has 2 rings (SSSR count). The van der Waals surface area contributed by atoms with Crippen molar-refractivity contribution in [2.75, 3.05) is 13.2 Å². The van der Waals surface area contributed by atoms with E-state index in [1.54, 1.807) is 18.2 Å². The van der Waals surface area contributed by atoms with Gasteiger partial charge in [0, 0.05) is 23.7 Å². The van der Waals surface area contributed by atoms with Crippen molar-refractivity contribution >= 4 is 11.8 Å². The minimum atomic E-state index is -0.159. The van der Waals surface area contributed by atoms with Crippen LogP contribution in [-0.2, 0) is 11.2 Å². The minimum absolute atomic E-state index is 0.0315. The predicted octanol–water partition coefficient (Wildman–Crippen LogP) is 0.876. The van der Waals surface area contributed by atoms with Gasteiger partial charge in [-0.25, -0.2) is 0 Å². The van der Waals surface area contributed by atoms with E-state index in [0.717, 1.165) is 12.0 Å². The Morgan fingerprint density at radius 2 is 2.26 bits per heavy atom. The maximum atomic E-state index is 11.7. The monoisotopic (exact) mass is 262 g/mol. The summed E-state index contributed by atoms with van der Waals surface area (Å²) in [7, 11) is 0. The molecule has 0 fully saturated rings. The second kappa shape index (κ2) is 5.73. The number of nitrogens with one attached hydrogen (secondary N) is 2. The zero-order valence-corrected chi connectivity index (χ0v) is 11.2. The lowest BCUT2D eigenvalue weighted by molar-refractivity contribution is -0.123. The molecule has 1 aromatic rings. The van der Waals surface area contributed by atoms with Crippen molar-refractivity contribution < 1.29 is 14.3 Å². The van der Waals surface area contributed by atoms with Crippen molar-refractivity contribution in [1.82, 2.24) is 10.6 Å². The molecule has 0 radical (unpaired) electrons. The topological polar surface area (TPSA) is 67.4 Å². The van der Waals surface area contributed by atoms with Crippen molar-refractivity contribution in [3.8, 4) is 5.75 Å². The Balaban J connectivity index is 2.07. The fourth-order valence-electron chi connectivity index (χ4n) is 2.07. The minimum Gasteiger partial charge on any atom is -0.483 e. The van der Waals surface area contributed by atoms with Crippen LogP contribution in [0, 0.1) is 0 Å². The number of amides is 2. The highest BCUT2D eigenvalue weighted by Gasteiger charge is 2.20. The van der Waals surface area contributed by atoms with Gasteiger partial charge in [-0.05, 0) is 32.4 Å². The molecular weight excluding hydrogens is 244 g/mol. The van der Waals surface area contributed by atoms with Gasteiger partial charge in [0.25, 0.3) is 11.8 Å². The molecule has 1 aliphatic rings. The van der Waals surface area contributed by atoms with Gasteiger partial charge >= 0.3 is 0 Å². The first-order valence-electron chi connectivity index (χ1n) is 6.40. The van der Waals surface area contributed by atoms with Gasteiger partial charge in [0.2, 0.25) is 0 Å². The number of carbonyl (C=O) groups excluding carboxylic acids is 2. The smallest absolute Gasteiger partial charge is 0.258 e. The van der Waals surface area contributed by atoms with Crippen LogP contribution in [0.1, 0.15) is 29.8 Å². The highest BCUT2D eigenvalue weighted by atomic mass is 16.5. The summed E-state index contributed by atoms with van der Waals surface area (Å²) < 4.78 is 5.52. The number of fused-ring (bicyclic) bond motifs is 1. The van der Waals surface area contributed by atoms with Crippen molar-refractivity contribution in [2.24, 2.45) is 0 Å². The van der Waals surface area contributed by atoms with E-state index in [2.05, 4.69) is 10.6 Å². The van der Waals surface area contributed by atoms with E-state index >= 15 is 0 Å². The number of hydrogen-bond donors (Lipinski definition) is 2. The van der Waals surface area contributed by atoms with Crippen LogP contribution < -0.4 is 15.4 Å². The third kappa shape index (κ3) is 3.24. The van der Waals surface area contributed by atoms with Gasteiger partial charge < -0.3 is 15.4 Å². The molecule has 0 aromatic heterocycles. The Morgan fingerprint density at radius 3 is 3.00 bits per heavy atom. The van der Waals surface area contributed by atoms with E-state index in [1.165, 1.54) is 0 Å². The summed E-state index contributed by atoms with van der Waals surface area (Å²) in [5.74, 6) is 0.373. The van der Waals surface area contributed by atoms with E-state index in [0.29, 0.717) is 17.9 Å². The summed E-state index contributed by atoms with van der Waals surface area (Å²) in [5.41, 5.74) is 1.51. The number of ether oxygens (including phenoxy) is 1. The number of hydrogen-bond acceptors (Lipinski definition) is 3. The molecule has 0 unspecified atom stereocenters. The molecule has 0 saturated carbocycles. The molecule has 2 N–H and O–H groups in total. The Labute approximate surface area is 112 Å². The maximum absolute atomic E-state index is 11.7. The van der Waals surface area contributed by atoms with Gasteiger partial charge in [0.1, 0.15) is 5.75 Å². The largest absolute Gasteiger partial charge is 0.483 e. The SMILES string of the molecule is CC(C)NC(=O)COc1cccc2c1CCNC2=O. The molecular formula is C14H18N2O3. The molecule has 0 bridgehead atoms. The summed E-state index contributed by atoms with van der Waals surface area (Å²) in [6.45, 7) is 4.36. The summed E-state index contributed by atoms with van der Waals surface area (Å²) in [5, 5.41) is 5.54. The third-order valence-corrected chi connectivity index (χ3v) is 2.85. The van der Waals surface area contributed by atoms with E-state index < -0.39 is 0 Å². The normalized spacial score (nSPS) is 13.7. The Morgan fingerprint density at radius 1 is 1.47 bits per heavy atom. The molecule has 1 heterocycles. The van der Waals surface area contributed by atoms with Gasteiger partial charge in [-0.15, -0.1) is 0 Å². The van der Waals surface area contributed by atoms with Crippen molar-refractivity contribution in [3.05, 3.63) is 29.3 Å². The van der Waals surface area contributed by atoms with Crippen LogP contribution in [0.5, 0.6) is 5.75 Å². The first kappa shape index (κ1) is 13.4. The lowest BCUT2D eigenvalue weighted by Gasteiger charge is -2.19.